The van der Waals surface area contributed by atoms with E-state index in [4.69, 9.17) is 35.2 Å². The van der Waals surface area contributed by atoms with E-state index < -0.39 is 111 Å². The zero-order chi connectivity index (χ0) is 26.5. The van der Waals surface area contributed by atoms with Crippen LogP contribution in [0.3, 0.4) is 0 Å². The van der Waals surface area contributed by atoms with E-state index in [0.29, 0.717) is 0 Å². The minimum Gasteiger partial charge on any atom is -0.395 e. The number of fused-ring (bicyclic) bond motifs is 1. The minimum atomic E-state index is -2.48. The quantitative estimate of drug-likeness (QED) is 0.153. The van der Waals surface area contributed by atoms with E-state index >= 15 is 0 Å². The van der Waals surface area contributed by atoms with Crippen LogP contribution in [0.25, 0.3) is 0 Å². The SMILES string of the molecule is CN[C@H]1C[C@@H](N)[C@H](O)[C@@H](O[C@@H]2O[C@H](CO)[C@H](O)[C@@H]3O[C@]4(OC([C@H](N)CO)[C@H](O)[C@H](O)[C@H]4O)O[C@H]23)[C@@H]1O. The Bertz CT molecular complexity index is 756. The molecule has 0 bridgehead atoms. The molecule has 1 unspecified atom stereocenters. The van der Waals surface area contributed by atoms with E-state index in [0.717, 1.165) is 0 Å². The first kappa shape index (κ1) is 28.4. The van der Waals surface area contributed by atoms with Crippen LogP contribution in [0.4, 0.5) is 0 Å². The van der Waals surface area contributed by atoms with Gasteiger partial charge < -0.3 is 81.3 Å². The molecule has 4 aliphatic rings. The monoisotopic (exact) mass is 527 g/mol. The summed E-state index contributed by atoms with van der Waals surface area (Å²) in [6.07, 6.45) is -17.7. The fraction of sp³-hybridized carbons (Fsp3) is 1.00. The number of nitrogens with one attached hydrogen (secondary N) is 1. The second kappa shape index (κ2) is 10.9. The average molecular weight is 528 g/mol. The highest BCUT2D eigenvalue weighted by Gasteiger charge is 2.67. The van der Waals surface area contributed by atoms with Gasteiger partial charge in [-0.3, -0.25) is 0 Å². The molecule has 0 radical (unpaired) electrons. The maximum atomic E-state index is 10.7. The molecule has 0 aromatic heterocycles. The van der Waals surface area contributed by atoms with Gasteiger partial charge in [0.15, 0.2) is 12.4 Å². The first-order valence-electron chi connectivity index (χ1n) is 11.8. The van der Waals surface area contributed by atoms with Gasteiger partial charge in [-0.2, -0.15) is 0 Å². The van der Waals surface area contributed by atoms with Crippen LogP contribution in [0.5, 0.6) is 0 Å². The molecule has 16 heteroatoms. The number of hydrogen-bond donors (Lipinski definition) is 11. The minimum absolute atomic E-state index is 0.254. The molecule has 4 fully saturated rings. The zero-order valence-corrected chi connectivity index (χ0v) is 19.6. The first-order valence-corrected chi connectivity index (χ1v) is 11.8. The van der Waals surface area contributed by atoms with Crippen LogP contribution < -0.4 is 16.8 Å². The van der Waals surface area contributed by atoms with Crippen LogP contribution >= 0.6 is 0 Å². The van der Waals surface area contributed by atoms with Crippen molar-refractivity contribution in [3.63, 3.8) is 0 Å². The van der Waals surface area contributed by atoms with Crippen LogP contribution in [0, 0.1) is 0 Å². The highest BCUT2D eigenvalue weighted by molar-refractivity contribution is 5.05. The van der Waals surface area contributed by atoms with Gasteiger partial charge in [-0.25, -0.2) is 0 Å². The molecule has 3 aliphatic heterocycles. The van der Waals surface area contributed by atoms with Gasteiger partial charge in [-0.1, -0.05) is 0 Å². The second-order valence-electron chi connectivity index (χ2n) is 9.72. The van der Waals surface area contributed by atoms with Crippen LogP contribution in [-0.2, 0) is 23.7 Å². The summed E-state index contributed by atoms with van der Waals surface area (Å²) in [6.45, 7) is -1.33. The summed E-state index contributed by atoms with van der Waals surface area (Å²) >= 11 is 0. The molecule has 36 heavy (non-hydrogen) atoms. The van der Waals surface area contributed by atoms with Gasteiger partial charge in [0.2, 0.25) is 0 Å². The fourth-order valence-corrected chi connectivity index (χ4v) is 5.23. The van der Waals surface area contributed by atoms with Crippen LogP contribution in [0.15, 0.2) is 0 Å². The molecule has 0 aromatic carbocycles. The van der Waals surface area contributed by atoms with Crippen LogP contribution in [-0.4, -0.2) is 159 Å². The van der Waals surface area contributed by atoms with E-state index in [2.05, 4.69) is 5.32 Å². The van der Waals surface area contributed by atoms with Crippen molar-refractivity contribution in [1.29, 1.82) is 0 Å². The van der Waals surface area contributed by atoms with E-state index in [9.17, 15) is 40.9 Å². The molecular formula is C20H37N3O13. The van der Waals surface area contributed by atoms with Gasteiger partial charge in [0.05, 0.1) is 31.5 Å². The van der Waals surface area contributed by atoms with Gasteiger partial charge in [0, 0.05) is 12.1 Å². The van der Waals surface area contributed by atoms with Crippen molar-refractivity contribution in [2.45, 2.75) is 104 Å². The third kappa shape index (κ3) is 4.68. The summed E-state index contributed by atoms with van der Waals surface area (Å²) in [7, 11) is 1.60. The Morgan fingerprint density at radius 1 is 0.944 bits per heavy atom. The number of hydrogen-bond acceptors (Lipinski definition) is 16. The molecule has 0 aromatic rings. The Labute approximate surface area is 206 Å². The Morgan fingerprint density at radius 2 is 1.61 bits per heavy atom. The summed E-state index contributed by atoms with van der Waals surface area (Å²) < 4.78 is 28.7. The molecule has 1 saturated carbocycles. The van der Waals surface area contributed by atoms with Crippen molar-refractivity contribution in [3.05, 3.63) is 0 Å². The standard InChI is InChI=1S/C20H37N3O13/c1-23-7-2-5(21)9(26)15(10(7)27)33-19-17-16(11(28)8(4-25)32-19)35-20(36-17)18(31)13(30)12(29)14(34-20)6(22)3-24/h5-19,23-31H,2-4,21-22H2,1H3/t5-,6-,7+,8-,9+,10-,11+,12-,13+,14?,15-,16+,17+,18-,19+,20+/m1/s1. The summed E-state index contributed by atoms with van der Waals surface area (Å²) in [4.78, 5) is 0. The number of aliphatic hydroxyl groups is 8. The molecule has 1 aliphatic carbocycles. The van der Waals surface area contributed by atoms with E-state index in [1.54, 1.807) is 7.05 Å². The normalized spacial score (nSPS) is 54.4. The van der Waals surface area contributed by atoms with Crippen molar-refractivity contribution >= 4 is 0 Å². The molecular weight excluding hydrogens is 490 g/mol. The number of likely N-dealkylation sites (N-methyl/N-ethyl adjacent to an activating group) is 1. The highest BCUT2D eigenvalue weighted by Crippen LogP contribution is 2.45. The number of rotatable bonds is 6. The van der Waals surface area contributed by atoms with E-state index in [1.807, 2.05) is 0 Å². The molecule has 3 heterocycles. The molecule has 1 spiro atoms. The smallest absolute Gasteiger partial charge is 0.314 e. The Morgan fingerprint density at radius 3 is 2.22 bits per heavy atom. The topological polar surface area (TPSA) is 272 Å². The predicted octanol–water partition coefficient (Wildman–Crippen LogP) is -7.27. The lowest BCUT2D eigenvalue weighted by Crippen LogP contribution is -2.69. The molecule has 0 amide bonds. The van der Waals surface area contributed by atoms with Gasteiger partial charge in [-0.05, 0) is 13.5 Å². The molecule has 13 N–H and O–H groups in total. The van der Waals surface area contributed by atoms with Crippen molar-refractivity contribution in [3.8, 4) is 0 Å². The maximum Gasteiger partial charge on any atom is 0.314 e. The lowest BCUT2D eigenvalue weighted by Gasteiger charge is -2.46. The van der Waals surface area contributed by atoms with Crippen molar-refractivity contribution in [1.82, 2.24) is 5.32 Å². The molecule has 16 atom stereocenters. The fourth-order valence-electron chi connectivity index (χ4n) is 5.23. The van der Waals surface area contributed by atoms with Crippen LogP contribution in [0.1, 0.15) is 6.42 Å². The number of aliphatic hydroxyl groups excluding tert-OH is 8. The summed E-state index contributed by atoms with van der Waals surface area (Å²) in [5.41, 5.74) is 11.8. The Hall–Kier alpha value is -0.640. The van der Waals surface area contributed by atoms with E-state index in [1.165, 1.54) is 0 Å². The third-order valence-electron chi connectivity index (χ3n) is 7.42. The average Bonchev–Trinajstić information content (AvgIpc) is 3.27. The third-order valence-corrected chi connectivity index (χ3v) is 7.42. The van der Waals surface area contributed by atoms with Crippen molar-refractivity contribution in [2.75, 3.05) is 20.3 Å². The first-order chi connectivity index (χ1) is 17.0. The van der Waals surface area contributed by atoms with Gasteiger partial charge >= 0.3 is 5.97 Å². The molecule has 210 valence electrons. The van der Waals surface area contributed by atoms with Gasteiger partial charge in [0.1, 0.15) is 48.8 Å². The summed E-state index contributed by atoms with van der Waals surface area (Å²) in [5.74, 6) is -2.48. The lowest BCUT2D eigenvalue weighted by molar-refractivity contribution is -0.439. The van der Waals surface area contributed by atoms with Crippen molar-refractivity contribution < 1.29 is 64.5 Å². The van der Waals surface area contributed by atoms with Gasteiger partial charge in [0.25, 0.3) is 0 Å². The largest absolute Gasteiger partial charge is 0.395 e. The Balaban J connectivity index is 1.62. The van der Waals surface area contributed by atoms with E-state index in [-0.39, 0.29) is 6.42 Å². The predicted molar refractivity (Wildman–Crippen MR) is 115 cm³/mol. The Kier molecular flexibility index (Phi) is 8.55. The van der Waals surface area contributed by atoms with Crippen LogP contribution in [0.2, 0.25) is 0 Å². The summed E-state index contributed by atoms with van der Waals surface area (Å²) in [6, 6.07) is -2.50. The second-order valence-corrected chi connectivity index (χ2v) is 9.72. The molecule has 3 saturated heterocycles. The van der Waals surface area contributed by atoms with Crippen molar-refractivity contribution in [2.24, 2.45) is 11.5 Å². The lowest BCUT2D eigenvalue weighted by atomic mass is 9.84. The molecule has 4 rings (SSSR count). The summed E-state index contributed by atoms with van der Waals surface area (Å²) in [5, 5.41) is 85.6. The number of nitrogens with two attached hydrogens (primary N) is 2. The zero-order valence-electron chi connectivity index (χ0n) is 19.6. The molecule has 16 nitrogen and oxygen atoms in total. The maximum absolute atomic E-state index is 10.7. The highest BCUT2D eigenvalue weighted by atomic mass is 16.9. The van der Waals surface area contributed by atoms with Gasteiger partial charge in [-0.15, -0.1) is 0 Å². The number of ether oxygens (including phenoxy) is 5.